The van der Waals surface area contributed by atoms with Crippen LogP contribution in [0.4, 0.5) is 11.4 Å². The lowest BCUT2D eigenvalue weighted by Crippen LogP contribution is -2.06. The molecule has 0 aliphatic heterocycles. The molecule has 0 unspecified atom stereocenters. The minimum absolute atomic E-state index is 0.0523. The molecule has 5 nitrogen and oxygen atoms in total. The van der Waals surface area contributed by atoms with Gasteiger partial charge in [0.1, 0.15) is 18.1 Å². The van der Waals surface area contributed by atoms with Crippen molar-refractivity contribution in [2.24, 2.45) is 0 Å². The number of nitrogen functional groups attached to an aromatic ring is 1. The summed E-state index contributed by atoms with van der Waals surface area (Å²) in [6.07, 6.45) is 0. The summed E-state index contributed by atoms with van der Waals surface area (Å²) >= 11 is 0. The minimum Gasteiger partial charge on any atom is -0.508 e. The smallest absolute Gasteiger partial charge is 0.142 e. The molecule has 0 aromatic heterocycles. The fraction of sp³-hybridized carbons (Fsp3) is 0.200. The Kier molecular flexibility index (Phi) is 4.68. The fourth-order valence-corrected chi connectivity index (χ4v) is 1.82. The van der Waals surface area contributed by atoms with Crippen molar-refractivity contribution in [3.05, 3.63) is 48.0 Å². The fourth-order valence-electron chi connectivity index (χ4n) is 1.82. The Bertz CT molecular complexity index is 573. The van der Waals surface area contributed by atoms with Gasteiger partial charge in [-0.25, -0.2) is 0 Å². The third kappa shape index (κ3) is 3.55. The van der Waals surface area contributed by atoms with E-state index in [0.717, 1.165) is 11.3 Å². The summed E-state index contributed by atoms with van der Waals surface area (Å²) in [6.45, 7) is 0.615. The van der Waals surface area contributed by atoms with Crippen molar-refractivity contribution in [1.82, 2.24) is 0 Å². The summed E-state index contributed by atoms with van der Waals surface area (Å²) in [6, 6.07) is 12.3. The molecule has 106 valence electrons. The van der Waals surface area contributed by atoms with Gasteiger partial charge in [-0.1, -0.05) is 18.2 Å². The lowest BCUT2D eigenvalue weighted by Gasteiger charge is -2.14. The molecule has 0 heterocycles. The van der Waals surface area contributed by atoms with Crippen molar-refractivity contribution >= 4 is 11.4 Å². The molecule has 2 aromatic rings. The molecule has 2 aromatic carbocycles. The van der Waals surface area contributed by atoms with Gasteiger partial charge < -0.3 is 26.0 Å². The lowest BCUT2D eigenvalue weighted by atomic mass is 10.2. The van der Waals surface area contributed by atoms with Crippen LogP contribution in [0.3, 0.4) is 0 Å². The van der Waals surface area contributed by atoms with Crippen molar-refractivity contribution < 1.29 is 14.9 Å². The van der Waals surface area contributed by atoms with Crippen LogP contribution in [0.1, 0.15) is 5.56 Å². The molecular weight excluding hydrogens is 256 g/mol. The van der Waals surface area contributed by atoms with Crippen LogP contribution in [0.5, 0.6) is 11.5 Å². The number of rotatable bonds is 6. The summed E-state index contributed by atoms with van der Waals surface area (Å²) in [4.78, 5) is 0. The SMILES string of the molecule is Nc1ccc(OCCO)c(NCc2ccccc2O)c1. The van der Waals surface area contributed by atoms with Gasteiger partial charge in [0, 0.05) is 17.8 Å². The Morgan fingerprint density at radius 1 is 1.15 bits per heavy atom. The number of aliphatic hydroxyl groups excluding tert-OH is 1. The van der Waals surface area contributed by atoms with Gasteiger partial charge in [-0.05, 0) is 24.3 Å². The molecular formula is C15H18N2O3. The molecule has 0 atom stereocenters. The van der Waals surface area contributed by atoms with Crippen LogP contribution in [0.2, 0.25) is 0 Å². The van der Waals surface area contributed by atoms with Gasteiger partial charge in [0.15, 0.2) is 0 Å². The second-order valence-electron chi connectivity index (χ2n) is 4.31. The van der Waals surface area contributed by atoms with E-state index in [1.165, 1.54) is 0 Å². The number of hydrogen-bond donors (Lipinski definition) is 4. The van der Waals surface area contributed by atoms with E-state index in [1.54, 1.807) is 30.3 Å². The zero-order valence-corrected chi connectivity index (χ0v) is 11.0. The molecule has 0 saturated heterocycles. The van der Waals surface area contributed by atoms with Crippen LogP contribution < -0.4 is 15.8 Å². The average molecular weight is 274 g/mol. The first-order chi connectivity index (χ1) is 9.70. The number of phenols is 1. The van der Waals surface area contributed by atoms with Gasteiger partial charge in [-0.15, -0.1) is 0 Å². The third-order valence-corrected chi connectivity index (χ3v) is 2.81. The van der Waals surface area contributed by atoms with Gasteiger partial charge in [0.05, 0.1) is 12.3 Å². The maximum absolute atomic E-state index is 9.72. The molecule has 5 heteroatoms. The van der Waals surface area contributed by atoms with Crippen molar-refractivity contribution in [1.29, 1.82) is 0 Å². The summed E-state index contributed by atoms with van der Waals surface area (Å²) < 4.78 is 5.43. The van der Waals surface area contributed by atoms with Crippen LogP contribution in [-0.4, -0.2) is 23.4 Å². The molecule has 0 saturated carbocycles. The van der Waals surface area contributed by atoms with Gasteiger partial charge in [0.2, 0.25) is 0 Å². The van der Waals surface area contributed by atoms with Crippen LogP contribution >= 0.6 is 0 Å². The Morgan fingerprint density at radius 2 is 1.95 bits per heavy atom. The number of ether oxygens (including phenoxy) is 1. The zero-order valence-electron chi connectivity index (χ0n) is 11.0. The van der Waals surface area contributed by atoms with E-state index in [1.807, 2.05) is 12.1 Å². The van der Waals surface area contributed by atoms with Crippen LogP contribution in [0, 0.1) is 0 Å². The molecule has 5 N–H and O–H groups in total. The van der Waals surface area contributed by atoms with Crippen LogP contribution in [-0.2, 0) is 6.54 Å². The number of phenolic OH excluding ortho intramolecular Hbond substituents is 1. The number of nitrogens with one attached hydrogen (secondary N) is 1. The minimum atomic E-state index is -0.0523. The molecule has 0 amide bonds. The average Bonchev–Trinajstić information content (AvgIpc) is 2.45. The number of nitrogens with two attached hydrogens (primary N) is 1. The summed E-state index contributed by atoms with van der Waals surface area (Å²) in [7, 11) is 0. The Balaban J connectivity index is 2.11. The van der Waals surface area contributed by atoms with Crippen molar-refractivity contribution in [2.45, 2.75) is 6.54 Å². The molecule has 0 aliphatic rings. The molecule has 20 heavy (non-hydrogen) atoms. The number of aliphatic hydroxyl groups is 1. The standard InChI is InChI=1S/C15H18N2O3/c16-12-5-6-15(20-8-7-18)13(9-12)17-10-11-3-1-2-4-14(11)19/h1-6,9,17-19H,7-8,10,16H2. The Labute approximate surface area is 117 Å². The summed E-state index contributed by atoms with van der Waals surface area (Å²) in [5.74, 6) is 0.852. The summed E-state index contributed by atoms with van der Waals surface area (Å²) in [5, 5.41) is 21.7. The van der Waals surface area contributed by atoms with Crippen molar-refractivity contribution in [3.63, 3.8) is 0 Å². The lowest BCUT2D eigenvalue weighted by molar-refractivity contribution is 0.202. The highest BCUT2D eigenvalue weighted by atomic mass is 16.5. The highest BCUT2D eigenvalue weighted by Crippen LogP contribution is 2.28. The normalized spacial score (nSPS) is 10.2. The number of aromatic hydroxyl groups is 1. The van der Waals surface area contributed by atoms with Gasteiger partial charge in [-0.2, -0.15) is 0 Å². The van der Waals surface area contributed by atoms with Gasteiger partial charge >= 0.3 is 0 Å². The van der Waals surface area contributed by atoms with Gasteiger partial charge in [-0.3, -0.25) is 0 Å². The molecule has 0 spiro atoms. The topological polar surface area (TPSA) is 87.7 Å². The van der Waals surface area contributed by atoms with Gasteiger partial charge in [0.25, 0.3) is 0 Å². The number of hydrogen-bond acceptors (Lipinski definition) is 5. The highest BCUT2D eigenvalue weighted by molar-refractivity contribution is 5.63. The van der Waals surface area contributed by atoms with Crippen LogP contribution in [0.15, 0.2) is 42.5 Å². The third-order valence-electron chi connectivity index (χ3n) is 2.81. The maximum Gasteiger partial charge on any atom is 0.142 e. The predicted molar refractivity (Wildman–Crippen MR) is 78.9 cm³/mol. The maximum atomic E-state index is 9.72. The Hall–Kier alpha value is -2.40. The monoisotopic (exact) mass is 274 g/mol. The second kappa shape index (κ2) is 6.68. The van der Waals surface area contributed by atoms with Crippen LogP contribution in [0.25, 0.3) is 0 Å². The van der Waals surface area contributed by atoms with E-state index in [0.29, 0.717) is 18.0 Å². The van der Waals surface area contributed by atoms with E-state index in [-0.39, 0.29) is 19.0 Å². The molecule has 2 rings (SSSR count). The molecule has 0 fully saturated rings. The predicted octanol–water partition coefficient (Wildman–Crippen LogP) is 1.96. The zero-order chi connectivity index (χ0) is 14.4. The Morgan fingerprint density at radius 3 is 2.70 bits per heavy atom. The summed E-state index contributed by atoms with van der Waals surface area (Å²) in [5.41, 5.74) is 7.88. The largest absolute Gasteiger partial charge is 0.508 e. The van der Waals surface area contributed by atoms with E-state index in [2.05, 4.69) is 5.32 Å². The molecule has 0 bridgehead atoms. The van der Waals surface area contributed by atoms with E-state index in [4.69, 9.17) is 15.6 Å². The first kappa shape index (κ1) is 14.0. The quantitative estimate of drug-likeness (QED) is 0.605. The number of para-hydroxylation sites is 1. The van der Waals surface area contributed by atoms with E-state index >= 15 is 0 Å². The highest BCUT2D eigenvalue weighted by Gasteiger charge is 2.06. The van der Waals surface area contributed by atoms with Crippen molar-refractivity contribution in [2.75, 3.05) is 24.3 Å². The molecule has 0 aliphatic carbocycles. The van der Waals surface area contributed by atoms with Crippen molar-refractivity contribution in [3.8, 4) is 11.5 Å². The first-order valence-corrected chi connectivity index (χ1v) is 6.34. The second-order valence-corrected chi connectivity index (χ2v) is 4.31. The van der Waals surface area contributed by atoms with E-state index in [9.17, 15) is 5.11 Å². The molecule has 0 radical (unpaired) electrons. The first-order valence-electron chi connectivity index (χ1n) is 6.34. The number of benzene rings is 2. The number of anilines is 2. The van der Waals surface area contributed by atoms with E-state index < -0.39 is 0 Å².